The molecule has 0 atom stereocenters. The van der Waals surface area contributed by atoms with Crippen molar-refractivity contribution in [2.24, 2.45) is 0 Å². The van der Waals surface area contributed by atoms with E-state index >= 15 is 0 Å². The third-order valence-electron chi connectivity index (χ3n) is 2.18. The highest BCUT2D eigenvalue weighted by molar-refractivity contribution is 5.22. The van der Waals surface area contributed by atoms with Crippen LogP contribution in [0.25, 0.3) is 0 Å². The first-order valence-electron chi connectivity index (χ1n) is 4.75. The predicted octanol–water partition coefficient (Wildman–Crippen LogP) is 2.60. The van der Waals surface area contributed by atoms with E-state index in [1.807, 2.05) is 13.0 Å². The van der Waals surface area contributed by atoms with Crippen LogP contribution in [0.1, 0.15) is 36.7 Å². The molecule has 0 bridgehead atoms. The normalized spacial score (nSPS) is 10.4. The SMILES string of the molecule is CCCCc1c(C)cc(C)oc1=O. The standard InChI is InChI=1S/C11H16O2/c1-4-5-6-10-8(2)7-9(3)13-11(10)12/h7H,4-6H2,1-3H3. The van der Waals surface area contributed by atoms with E-state index < -0.39 is 0 Å². The molecule has 72 valence electrons. The van der Waals surface area contributed by atoms with Crippen LogP contribution in [0.2, 0.25) is 0 Å². The van der Waals surface area contributed by atoms with E-state index in [9.17, 15) is 4.79 Å². The van der Waals surface area contributed by atoms with Crippen molar-refractivity contribution >= 4 is 0 Å². The summed E-state index contributed by atoms with van der Waals surface area (Å²) in [6.07, 6.45) is 2.99. The molecule has 2 heteroatoms. The molecule has 0 aliphatic heterocycles. The van der Waals surface area contributed by atoms with E-state index in [2.05, 4.69) is 6.92 Å². The van der Waals surface area contributed by atoms with Gasteiger partial charge in [0.25, 0.3) is 0 Å². The molecule has 1 heterocycles. The Morgan fingerprint density at radius 1 is 1.38 bits per heavy atom. The van der Waals surface area contributed by atoms with E-state index in [0.29, 0.717) is 5.76 Å². The molecule has 0 saturated carbocycles. The lowest BCUT2D eigenvalue weighted by molar-refractivity contribution is 0.468. The van der Waals surface area contributed by atoms with Gasteiger partial charge >= 0.3 is 5.63 Å². The summed E-state index contributed by atoms with van der Waals surface area (Å²) in [7, 11) is 0. The monoisotopic (exact) mass is 180 g/mol. The average molecular weight is 180 g/mol. The van der Waals surface area contributed by atoms with Crippen molar-refractivity contribution < 1.29 is 4.42 Å². The lowest BCUT2D eigenvalue weighted by atomic mass is 10.1. The topological polar surface area (TPSA) is 30.2 Å². The first-order chi connectivity index (χ1) is 6.15. The van der Waals surface area contributed by atoms with Gasteiger partial charge in [-0.2, -0.15) is 0 Å². The van der Waals surface area contributed by atoms with Crippen LogP contribution in [-0.2, 0) is 6.42 Å². The van der Waals surface area contributed by atoms with Gasteiger partial charge in [0.05, 0.1) is 0 Å². The second-order valence-corrected chi connectivity index (χ2v) is 3.41. The van der Waals surface area contributed by atoms with Gasteiger partial charge in [-0.05, 0) is 38.3 Å². The van der Waals surface area contributed by atoms with E-state index in [-0.39, 0.29) is 5.63 Å². The van der Waals surface area contributed by atoms with Gasteiger partial charge in [0, 0.05) is 5.56 Å². The summed E-state index contributed by atoms with van der Waals surface area (Å²) in [6, 6.07) is 1.92. The number of unbranched alkanes of at least 4 members (excludes halogenated alkanes) is 1. The van der Waals surface area contributed by atoms with Gasteiger partial charge in [0.1, 0.15) is 5.76 Å². The first kappa shape index (κ1) is 10.0. The third kappa shape index (κ3) is 2.44. The molecule has 0 aromatic carbocycles. The van der Waals surface area contributed by atoms with Crippen molar-refractivity contribution in [1.29, 1.82) is 0 Å². The second kappa shape index (κ2) is 4.26. The lowest BCUT2D eigenvalue weighted by Crippen LogP contribution is -2.10. The fourth-order valence-electron chi connectivity index (χ4n) is 1.44. The van der Waals surface area contributed by atoms with Crippen LogP contribution in [0.4, 0.5) is 0 Å². The van der Waals surface area contributed by atoms with Crippen molar-refractivity contribution in [1.82, 2.24) is 0 Å². The zero-order valence-corrected chi connectivity index (χ0v) is 8.52. The molecule has 0 saturated heterocycles. The average Bonchev–Trinajstić information content (AvgIpc) is 2.02. The third-order valence-corrected chi connectivity index (χ3v) is 2.18. The molecule has 0 N–H and O–H groups in total. The molecule has 0 amide bonds. The molecular weight excluding hydrogens is 164 g/mol. The molecular formula is C11H16O2. The summed E-state index contributed by atoms with van der Waals surface area (Å²) in [5, 5.41) is 0. The summed E-state index contributed by atoms with van der Waals surface area (Å²) in [6.45, 7) is 5.89. The Balaban J connectivity index is 2.99. The van der Waals surface area contributed by atoms with Gasteiger partial charge in [0.15, 0.2) is 0 Å². The van der Waals surface area contributed by atoms with Crippen LogP contribution in [0.15, 0.2) is 15.3 Å². The van der Waals surface area contributed by atoms with Gasteiger partial charge in [-0.1, -0.05) is 13.3 Å². The quantitative estimate of drug-likeness (QED) is 0.715. The fraction of sp³-hybridized carbons (Fsp3) is 0.545. The highest BCUT2D eigenvalue weighted by Gasteiger charge is 2.05. The summed E-state index contributed by atoms with van der Waals surface area (Å²) in [4.78, 5) is 11.4. The van der Waals surface area contributed by atoms with E-state index in [1.165, 1.54) is 0 Å². The summed E-state index contributed by atoms with van der Waals surface area (Å²) < 4.78 is 5.03. The summed E-state index contributed by atoms with van der Waals surface area (Å²) in [5.41, 5.74) is 1.74. The second-order valence-electron chi connectivity index (χ2n) is 3.41. The number of hydrogen-bond donors (Lipinski definition) is 0. The minimum absolute atomic E-state index is 0.161. The molecule has 0 unspecified atom stereocenters. The van der Waals surface area contributed by atoms with E-state index in [1.54, 1.807) is 6.92 Å². The number of rotatable bonds is 3. The predicted molar refractivity (Wildman–Crippen MR) is 53.1 cm³/mol. The Kier molecular flexibility index (Phi) is 3.29. The Hall–Kier alpha value is -1.05. The summed E-state index contributed by atoms with van der Waals surface area (Å²) >= 11 is 0. The lowest BCUT2D eigenvalue weighted by Gasteiger charge is -2.03. The highest BCUT2D eigenvalue weighted by atomic mass is 16.4. The molecule has 1 aromatic rings. The van der Waals surface area contributed by atoms with Crippen molar-refractivity contribution in [2.45, 2.75) is 40.0 Å². The van der Waals surface area contributed by atoms with Crippen LogP contribution in [0.5, 0.6) is 0 Å². The molecule has 0 aliphatic rings. The van der Waals surface area contributed by atoms with Crippen LogP contribution < -0.4 is 5.63 Å². The maximum atomic E-state index is 11.4. The fourth-order valence-corrected chi connectivity index (χ4v) is 1.44. The Bertz CT molecular complexity index is 336. The van der Waals surface area contributed by atoms with Crippen LogP contribution >= 0.6 is 0 Å². The van der Waals surface area contributed by atoms with Gasteiger partial charge in [-0.3, -0.25) is 0 Å². The maximum Gasteiger partial charge on any atom is 0.339 e. The van der Waals surface area contributed by atoms with Gasteiger partial charge < -0.3 is 4.42 Å². The van der Waals surface area contributed by atoms with Crippen molar-refractivity contribution in [2.75, 3.05) is 0 Å². The largest absolute Gasteiger partial charge is 0.428 e. The van der Waals surface area contributed by atoms with Crippen molar-refractivity contribution in [3.63, 3.8) is 0 Å². The first-order valence-corrected chi connectivity index (χ1v) is 4.75. The number of aryl methyl sites for hydroxylation is 2. The van der Waals surface area contributed by atoms with E-state index in [4.69, 9.17) is 4.42 Å². The minimum atomic E-state index is -0.161. The molecule has 0 fully saturated rings. The Morgan fingerprint density at radius 3 is 2.62 bits per heavy atom. The Morgan fingerprint density at radius 2 is 2.08 bits per heavy atom. The van der Waals surface area contributed by atoms with E-state index in [0.717, 1.165) is 30.4 Å². The number of hydrogen-bond acceptors (Lipinski definition) is 2. The van der Waals surface area contributed by atoms with Crippen LogP contribution in [-0.4, -0.2) is 0 Å². The molecule has 13 heavy (non-hydrogen) atoms. The Labute approximate surface area is 78.6 Å². The zero-order chi connectivity index (χ0) is 9.84. The van der Waals surface area contributed by atoms with Gasteiger partial charge in [0.2, 0.25) is 0 Å². The molecule has 1 aromatic heterocycles. The molecule has 2 nitrogen and oxygen atoms in total. The summed E-state index contributed by atoms with van der Waals surface area (Å²) in [5.74, 6) is 0.697. The van der Waals surface area contributed by atoms with Crippen LogP contribution in [0, 0.1) is 13.8 Å². The maximum absolute atomic E-state index is 11.4. The molecule has 0 radical (unpaired) electrons. The minimum Gasteiger partial charge on any atom is -0.428 e. The van der Waals surface area contributed by atoms with Gasteiger partial charge in [-0.15, -0.1) is 0 Å². The highest BCUT2D eigenvalue weighted by Crippen LogP contribution is 2.08. The van der Waals surface area contributed by atoms with Crippen LogP contribution in [0.3, 0.4) is 0 Å². The molecule has 0 aliphatic carbocycles. The smallest absolute Gasteiger partial charge is 0.339 e. The molecule has 1 rings (SSSR count). The van der Waals surface area contributed by atoms with Gasteiger partial charge in [-0.25, -0.2) is 4.79 Å². The van der Waals surface area contributed by atoms with Crippen molar-refractivity contribution in [3.05, 3.63) is 33.4 Å². The van der Waals surface area contributed by atoms with Crippen molar-refractivity contribution in [3.8, 4) is 0 Å². The zero-order valence-electron chi connectivity index (χ0n) is 8.52. The molecule has 0 spiro atoms.